The molecule has 0 unspecified atom stereocenters. The van der Waals surface area contributed by atoms with Crippen molar-refractivity contribution < 1.29 is 14.7 Å². The van der Waals surface area contributed by atoms with E-state index in [4.69, 9.17) is 5.73 Å². The lowest BCUT2D eigenvalue weighted by molar-refractivity contribution is -0.127. The molecule has 6 nitrogen and oxygen atoms in total. The van der Waals surface area contributed by atoms with Crippen LogP contribution >= 0.6 is 12.4 Å². The van der Waals surface area contributed by atoms with E-state index >= 15 is 0 Å². The fourth-order valence-electron chi connectivity index (χ4n) is 3.48. The van der Waals surface area contributed by atoms with Crippen LogP contribution < -0.4 is 16.0 Å². The Hall–Kier alpha value is -1.63. The molecule has 0 spiro atoms. The molecule has 2 amide bonds. The van der Waals surface area contributed by atoms with Crippen LogP contribution in [0.1, 0.15) is 37.7 Å². The first-order chi connectivity index (χ1) is 11.5. The first-order valence-electron chi connectivity index (χ1n) is 8.65. The monoisotopic (exact) mass is 367 g/mol. The summed E-state index contributed by atoms with van der Waals surface area (Å²) in [6.45, 7) is 1.24. The van der Waals surface area contributed by atoms with E-state index in [9.17, 15) is 14.7 Å². The van der Waals surface area contributed by atoms with Crippen LogP contribution in [0.3, 0.4) is 0 Å². The summed E-state index contributed by atoms with van der Waals surface area (Å²) >= 11 is 0. The SMILES string of the molecule is Cl.N[C@@H]1C[C@@H](C(=O)NCc2ccc(N3CCCC3=O)cc2)CC[C@H]1O. The zero-order valence-corrected chi connectivity index (χ0v) is 15.0. The van der Waals surface area contributed by atoms with Gasteiger partial charge in [0.15, 0.2) is 0 Å². The van der Waals surface area contributed by atoms with Crippen molar-refractivity contribution >= 4 is 29.9 Å². The highest BCUT2D eigenvalue weighted by Crippen LogP contribution is 2.24. The summed E-state index contributed by atoms with van der Waals surface area (Å²) in [5.74, 6) is 0.0490. The number of nitrogens with one attached hydrogen (secondary N) is 1. The van der Waals surface area contributed by atoms with Crippen molar-refractivity contribution in [1.82, 2.24) is 5.32 Å². The van der Waals surface area contributed by atoms with Gasteiger partial charge in [-0.25, -0.2) is 0 Å². The normalized spacial score (nSPS) is 26.2. The number of rotatable bonds is 4. The number of amides is 2. The Kier molecular flexibility index (Phi) is 6.81. The van der Waals surface area contributed by atoms with E-state index in [0.717, 1.165) is 24.2 Å². The van der Waals surface area contributed by atoms with Crippen molar-refractivity contribution in [2.45, 2.75) is 50.8 Å². The number of anilines is 1. The van der Waals surface area contributed by atoms with Crippen molar-refractivity contribution in [1.29, 1.82) is 0 Å². The highest BCUT2D eigenvalue weighted by Gasteiger charge is 2.30. The molecule has 2 fully saturated rings. The first-order valence-corrected chi connectivity index (χ1v) is 8.65. The Morgan fingerprint density at radius 2 is 2.00 bits per heavy atom. The summed E-state index contributed by atoms with van der Waals surface area (Å²) in [6.07, 6.45) is 2.83. The van der Waals surface area contributed by atoms with Crippen LogP contribution in [0.25, 0.3) is 0 Å². The van der Waals surface area contributed by atoms with E-state index in [0.29, 0.717) is 32.2 Å². The standard InChI is InChI=1S/C18H25N3O3.ClH/c19-15-10-13(5-8-16(15)22)18(24)20-11-12-3-6-14(7-4-12)21-9-1-2-17(21)23;/h3-4,6-7,13,15-16,22H,1-2,5,8-11,19H2,(H,20,24);1H/t13-,15+,16+;/m0./s1. The number of hydrogen-bond donors (Lipinski definition) is 3. The highest BCUT2D eigenvalue weighted by molar-refractivity contribution is 5.95. The fraction of sp³-hybridized carbons (Fsp3) is 0.556. The molecule has 0 aromatic heterocycles. The third-order valence-electron chi connectivity index (χ3n) is 5.02. The second-order valence-corrected chi connectivity index (χ2v) is 6.77. The molecule has 3 atom stereocenters. The van der Waals surface area contributed by atoms with Crippen molar-refractivity contribution in [2.75, 3.05) is 11.4 Å². The minimum Gasteiger partial charge on any atom is -0.392 e. The molecule has 0 radical (unpaired) electrons. The Balaban J connectivity index is 0.00000225. The van der Waals surface area contributed by atoms with Crippen molar-refractivity contribution in [3.63, 3.8) is 0 Å². The molecule has 1 aliphatic heterocycles. The summed E-state index contributed by atoms with van der Waals surface area (Å²) in [6, 6.07) is 7.43. The number of halogens is 1. The smallest absolute Gasteiger partial charge is 0.227 e. The molecular formula is C18H26ClN3O3. The number of carbonyl (C=O) groups excluding carboxylic acids is 2. The maximum absolute atomic E-state index is 12.2. The predicted molar refractivity (Wildman–Crippen MR) is 98.4 cm³/mol. The third-order valence-corrected chi connectivity index (χ3v) is 5.02. The van der Waals surface area contributed by atoms with E-state index in [1.807, 2.05) is 24.3 Å². The molecule has 1 heterocycles. The molecule has 4 N–H and O–H groups in total. The van der Waals surface area contributed by atoms with Gasteiger partial charge in [-0.1, -0.05) is 12.1 Å². The zero-order valence-electron chi connectivity index (χ0n) is 14.2. The number of nitrogens with two attached hydrogens (primary N) is 1. The van der Waals surface area contributed by atoms with Gasteiger partial charge in [0.1, 0.15) is 0 Å². The molecule has 0 bridgehead atoms. The second-order valence-electron chi connectivity index (χ2n) is 6.77. The van der Waals surface area contributed by atoms with Crippen LogP contribution in [0.4, 0.5) is 5.69 Å². The lowest BCUT2D eigenvalue weighted by Gasteiger charge is -2.30. The molecule has 2 aliphatic rings. The summed E-state index contributed by atoms with van der Waals surface area (Å²) in [4.78, 5) is 25.8. The van der Waals surface area contributed by atoms with Crippen molar-refractivity contribution in [3.8, 4) is 0 Å². The van der Waals surface area contributed by atoms with Crippen LogP contribution in [-0.2, 0) is 16.1 Å². The zero-order chi connectivity index (χ0) is 17.1. The van der Waals surface area contributed by atoms with Gasteiger partial charge in [0.05, 0.1) is 6.10 Å². The van der Waals surface area contributed by atoms with E-state index in [2.05, 4.69) is 5.32 Å². The van der Waals surface area contributed by atoms with Gasteiger partial charge in [0.25, 0.3) is 0 Å². The number of hydrogen-bond acceptors (Lipinski definition) is 4. The van der Waals surface area contributed by atoms with Crippen molar-refractivity contribution in [3.05, 3.63) is 29.8 Å². The average molecular weight is 368 g/mol. The van der Waals surface area contributed by atoms with Gasteiger partial charge in [0, 0.05) is 37.2 Å². The predicted octanol–water partition coefficient (Wildman–Crippen LogP) is 1.34. The highest BCUT2D eigenvalue weighted by atomic mass is 35.5. The minimum absolute atomic E-state index is 0. The maximum Gasteiger partial charge on any atom is 0.227 e. The quantitative estimate of drug-likeness (QED) is 0.748. The molecule has 138 valence electrons. The average Bonchev–Trinajstić information content (AvgIpc) is 3.01. The van der Waals surface area contributed by atoms with Crippen LogP contribution in [-0.4, -0.2) is 35.6 Å². The Morgan fingerprint density at radius 1 is 1.28 bits per heavy atom. The summed E-state index contributed by atoms with van der Waals surface area (Å²) < 4.78 is 0. The minimum atomic E-state index is -0.491. The molecule has 1 saturated heterocycles. The maximum atomic E-state index is 12.2. The summed E-state index contributed by atoms with van der Waals surface area (Å²) in [7, 11) is 0. The van der Waals surface area contributed by atoms with E-state index in [-0.39, 0.29) is 36.2 Å². The van der Waals surface area contributed by atoms with Crippen LogP contribution in [0.15, 0.2) is 24.3 Å². The number of carbonyl (C=O) groups is 2. The molecule has 1 saturated carbocycles. The first kappa shape index (κ1) is 19.7. The lowest BCUT2D eigenvalue weighted by Crippen LogP contribution is -2.44. The molecule has 7 heteroatoms. The third kappa shape index (κ3) is 4.71. The van der Waals surface area contributed by atoms with Gasteiger partial charge in [-0.15, -0.1) is 12.4 Å². The van der Waals surface area contributed by atoms with Crippen LogP contribution in [0.5, 0.6) is 0 Å². The number of aliphatic hydroxyl groups excluding tert-OH is 1. The number of benzene rings is 1. The largest absolute Gasteiger partial charge is 0.392 e. The Morgan fingerprint density at radius 3 is 2.60 bits per heavy atom. The van der Waals surface area contributed by atoms with Gasteiger partial charge in [0.2, 0.25) is 11.8 Å². The van der Waals surface area contributed by atoms with Gasteiger partial charge in [-0.05, 0) is 43.4 Å². The summed E-state index contributed by atoms with van der Waals surface area (Å²) in [5.41, 5.74) is 7.75. The van der Waals surface area contributed by atoms with Gasteiger partial charge in [-0.3, -0.25) is 9.59 Å². The molecule has 1 aliphatic carbocycles. The van der Waals surface area contributed by atoms with Crippen molar-refractivity contribution in [2.24, 2.45) is 11.7 Å². The van der Waals surface area contributed by atoms with E-state index in [1.54, 1.807) is 4.90 Å². The van der Waals surface area contributed by atoms with Gasteiger partial charge >= 0.3 is 0 Å². The lowest BCUT2D eigenvalue weighted by atomic mass is 9.83. The fourth-order valence-corrected chi connectivity index (χ4v) is 3.48. The number of aliphatic hydroxyl groups is 1. The molecule has 1 aromatic carbocycles. The second kappa shape index (κ2) is 8.65. The van der Waals surface area contributed by atoms with Crippen LogP contribution in [0.2, 0.25) is 0 Å². The molecule has 25 heavy (non-hydrogen) atoms. The van der Waals surface area contributed by atoms with Gasteiger partial charge in [-0.2, -0.15) is 0 Å². The summed E-state index contributed by atoms with van der Waals surface area (Å²) in [5, 5.41) is 12.6. The Labute approximate surface area is 154 Å². The van der Waals surface area contributed by atoms with Gasteiger partial charge < -0.3 is 21.1 Å². The van der Waals surface area contributed by atoms with E-state index in [1.165, 1.54) is 0 Å². The topological polar surface area (TPSA) is 95.7 Å². The number of nitrogens with zero attached hydrogens (tertiary/aromatic N) is 1. The van der Waals surface area contributed by atoms with Crippen LogP contribution in [0, 0.1) is 5.92 Å². The Bertz CT molecular complexity index is 608. The van der Waals surface area contributed by atoms with E-state index < -0.39 is 6.10 Å². The molecular weight excluding hydrogens is 342 g/mol. The molecule has 3 rings (SSSR count). The molecule has 1 aromatic rings.